The lowest BCUT2D eigenvalue weighted by molar-refractivity contribution is 0.405. The molecule has 0 saturated heterocycles. The molecule has 110 valence electrons. The van der Waals surface area contributed by atoms with E-state index in [1.807, 2.05) is 26.8 Å². The number of thiocarbonyl (C=S) groups is 1. The molecule has 0 saturated carbocycles. The Bertz CT molecular complexity index is 705. The van der Waals surface area contributed by atoms with E-state index in [2.05, 4.69) is 0 Å². The minimum absolute atomic E-state index is 0.0677. The van der Waals surface area contributed by atoms with Gasteiger partial charge in [0.15, 0.2) is 17.4 Å². The Hall–Kier alpha value is -2.01. The van der Waals surface area contributed by atoms with E-state index < -0.39 is 17.4 Å². The zero-order valence-corrected chi connectivity index (χ0v) is 12.8. The summed E-state index contributed by atoms with van der Waals surface area (Å²) in [6, 6.07) is 5.85. The molecule has 0 spiro atoms. The third-order valence-corrected chi connectivity index (χ3v) is 3.49. The maximum absolute atomic E-state index is 14.0. The van der Waals surface area contributed by atoms with Crippen molar-refractivity contribution in [2.24, 2.45) is 5.73 Å². The quantitative estimate of drug-likeness (QED) is 0.858. The van der Waals surface area contributed by atoms with Crippen LogP contribution in [0.15, 0.2) is 24.3 Å². The van der Waals surface area contributed by atoms with Crippen LogP contribution >= 0.6 is 12.2 Å². The van der Waals surface area contributed by atoms with Crippen molar-refractivity contribution in [3.63, 3.8) is 0 Å². The summed E-state index contributed by atoms with van der Waals surface area (Å²) < 4.78 is 33.5. The summed E-state index contributed by atoms with van der Waals surface area (Å²) in [7, 11) is 0. The Kier molecular flexibility index (Phi) is 4.23. The highest BCUT2D eigenvalue weighted by atomic mass is 32.1. The summed E-state index contributed by atoms with van der Waals surface area (Å²) in [5.41, 5.74) is 8.28. The molecule has 2 aromatic rings. The molecule has 0 bridgehead atoms. The average molecular weight is 307 g/mol. The van der Waals surface area contributed by atoms with E-state index in [-0.39, 0.29) is 10.6 Å². The Balaban J connectivity index is 2.48. The first kappa shape index (κ1) is 15.4. The van der Waals surface area contributed by atoms with E-state index in [9.17, 15) is 8.78 Å². The van der Waals surface area contributed by atoms with E-state index >= 15 is 0 Å². The molecule has 0 aliphatic rings. The Labute approximate surface area is 127 Å². The third kappa shape index (κ3) is 3.19. The van der Waals surface area contributed by atoms with Gasteiger partial charge in [0.25, 0.3) is 0 Å². The van der Waals surface area contributed by atoms with Crippen LogP contribution < -0.4 is 10.5 Å². The van der Waals surface area contributed by atoms with Crippen LogP contribution in [-0.4, -0.2) is 4.99 Å². The van der Waals surface area contributed by atoms with Gasteiger partial charge in [0.2, 0.25) is 0 Å². The largest absolute Gasteiger partial charge is 0.451 e. The predicted molar refractivity (Wildman–Crippen MR) is 83.0 cm³/mol. The van der Waals surface area contributed by atoms with Crippen LogP contribution in [0.4, 0.5) is 8.78 Å². The van der Waals surface area contributed by atoms with E-state index in [1.54, 1.807) is 6.07 Å². The van der Waals surface area contributed by atoms with Gasteiger partial charge >= 0.3 is 0 Å². The van der Waals surface area contributed by atoms with Gasteiger partial charge in [-0.05, 0) is 55.7 Å². The first-order valence-electron chi connectivity index (χ1n) is 6.34. The van der Waals surface area contributed by atoms with Crippen molar-refractivity contribution in [2.45, 2.75) is 20.8 Å². The van der Waals surface area contributed by atoms with E-state index in [0.717, 1.165) is 28.8 Å². The van der Waals surface area contributed by atoms with Crippen LogP contribution in [-0.2, 0) is 0 Å². The Morgan fingerprint density at radius 3 is 2.14 bits per heavy atom. The second-order valence-corrected chi connectivity index (χ2v) is 5.38. The monoisotopic (exact) mass is 307 g/mol. The summed E-state index contributed by atoms with van der Waals surface area (Å²) in [5.74, 6) is -1.70. The lowest BCUT2D eigenvalue weighted by atomic mass is 10.1. The highest BCUT2D eigenvalue weighted by Crippen LogP contribution is 2.32. The normalized spacial score (nSPS) is 10.5. The van der Waals surface area contributed by atoms with Gasteiger partial charge in [-0.25, -0.2) is 8.78 Å². The van der Waals surface area contributed by atoms with Gasteiger partial charge in [0, 0.05) is 5.56 Å². The number of aryl methyl sites for hydroxylation is 2. The van der Waals surface area contributed by atoms with E-state index in [4.69, 9.17) is 22.7 Å². The molecule has 2 rings (SSSR count). The number of hydrogen-bond acceptors (Lipinski definition) is 2. The molecule has 5 heteroatoms. The molecule has 0 atom stereocenters. The van der Waals surface area contributed by atoms with Crippen molar-refractivity contribution >= 4 is 17.2 Å². The van der Waals surface area contributed by atoms with E-state index in [0.29, 0.717) is 5.75 Å². The van der Waals surface area contributed by atoms with Crippen molar-refractivity contribution in [1.29, 1.82) is 0 Å². The summed E-state index contributed by atoms with van der Waals surface area (Å²) in [6.07, 6.45) is 0. The van der Waals surface area contributed by atoms with Crippen molar-refractivity contribution in [2.75, 3.05) is 0 Å². The number of halogens is 2. The zero-order chi connectivity index (χ0) is 15.7. The van der Waals surface area contributed by atoms with Gasteiger partial charge in [-0.2, -0.15) is 0 Å². The molecule has 2 aromatic carbocycles. The second-order valence-electron chi connectivity index (χ2n) is 4.94. The summed E-state index contributed by atoms with van der Waals surface area (Å²) in [5, 5.41) is 0. The van der Waals surface area contributed by atoms with Crippen LogP contribution in [0.3, 0.4) is 0 Å². The van der Waals surface area contributed by atoms with Gasteiger partial charge < -0.3 is 10.5 Å². The Morgan fingerprint density at radius 1 is 1.05 bits per heavy atom. The molecule has 0 aliphatic carbocycles. The first-order valence-corrected chi connectivity index (χ1v) is 6.75. The lowest BCUT2D eigenvalue weighted by Gasteiger charge is -2.14. The molecule has 2 nitrogen and oxygen atoms in total. The van der Waals surface area contributed by atoms with Crippen LogP contribution in [0, 0.1) is 32.4 Å². The maximum atomic E-state index is 14.0. The van der Waals surface area contributed by atoms with Gasteiger partial charge in [-0.15, -0.1) is 0 Å². The molecular weight excluding hydrogens is 292 g/mol. The van der Waals surface area contributed by atoms with Crippen molar-refractivity contribution in [1.82, 2.24) is 0 Å². The summed E-state index contributed by atoms with van der Waals surface area (Å²) in [4.78, 5) is -0.0677. The molecule has 0 fully saturated rings. The standard InChI is InChI=1S/C16H15F2NOS/c1-8-4-9(2)10(3)14(5-8)20-15-12(17)6-11(16(19)21)7-13(15)18/h4-7H,1-3H3,(H2,19,21). The van der Waals surface area contributed by atoms with Crippen molar-refractivity contribution in [3.05, 3.63) is 58.2 Å². The topological polar surface area (TPSA) is 35.2 Å². The molecule has 21 heavy (non-hydrogen) atoms. The fraction of sp³-hybridized carbons (Fsp3) is 0.188. The van der Waals surface area contributed by atoms with Crippen molar-refractivity contribution in [3.8, 4) is 11.5 Å². The number of benzene rings is 2. The number of hydrogen-bond donors (Lipinski definition) is 1. The lowest BCUT2D eigenvalue weighted by Crippen LogP contribution is -2.10. The number of rotatable bonds is 3. The summed E-state index contributed by atoms with van der Waals surface area (Å²) in [6.45, 7) is 5.64. The van der Waals surface area contributed by atoms with Crippen LogP contribution in [0.5, 0.6) is 11.5 Å². The predicted octanol–water partition coefficient (Wildman–Crippen LogP) is 4.32. The molecule has 0 radical (unpaired) electrons. The SMILES string of the molecule is Cc1cc(C)c(C)c(Oc2c(F)cc(C(N)=S)cc2F)c1. The van der Waals surface area contributed by atoms with Gasteiger partial charge in [0.1, 0.15) is 10.7 Å². The molecule has 0 aromatic heterocycles. The van der Waals surface area contributed by atoms with Crippen LogP contribution in [0.2, 0.25) is 0 Å². The highest BCUT2D eigenvalue weighted by molar-refractivity contribution is 7.80. The fourth-order valence-corrected chi connectivity index (χ4v) is 2.13. The molecular formula is C16H15F2NOS. The first-order chi connectivity index (χ1) is 9.79. The van der Waals surface area contributed by atoms with Gasteiger partial charge in [0.05, 0.1) is 0 Å². The van der Waals surface area contributed by atoms with E-state index in [1.165, 1.54) is 0 Å². The molecule has 0 heterocycles. The maximum Gasteiger partial charge on any atom is 0.198 e. The van der Waals surface area contributed by atoms with Crippen LogP contribution in [0.1, 0.15) is 22.3 Å². The molecule has 0 aliphatic heterocycles. The fourth-order valence-electron chi connectivity index (χ4n) is 2.02. The van der Waals surface area contributed by atoms with Crippen LogP contribution in [0.25, 0.3) is 0 Å². The highest BCUT2D eigenvalue weighted by Gasteiger charge is 2.16. The minimum atomic E-state index is -0.837. The number of ether oxygens (including phenoxy) is 1. The smallest absolute Gasteiger partial charge is 0.198 e. The average Bonchev–Trinajstić information content (AvgIpc) is 2.38. The van der Waals surface area contributed by atoms with Gasteiger partial charge in [-0.1, -0.05) is 18.3 Å². The number of nitrogens with two attached hydrogens (primary N) is 1. The third-order valence-electron chi connectivity index (χ3n) is 3.26. The minimum Gasteiger partial charge on any atom is -0.451 e. The van der Waals surface area contributed by atoms with Gasteiger partial charge in [-0.3, -0.25) is 0 Å². The summed E-state index contributed by atoms with van der Waals surface area (Å²) >= 11 is 4.71. The Morgan fingerprint density at radius 2 is 1.62 bits per heavy atom. The molecule has 0 unspecified atom stereocenters. The molecule has 0 amide bonds. The van der Waals surface area contributed by atoms with Crippen molar-refractivity contribution < 1.29 is 13.5 Å². The molecule has 2 N–H and O–H groups in total. The zero-order valence-electron chi connectivity index (χ0n) is 12.0. The second kappa shape index (κ2) is 5.77.